The van der Waals surface area contributed by atoms with Gasteiger partial charge in [-0.05, 0) is 49.5 Å². The number of benzene rings is 1. The molecular weight excluding hydrogens is 423 g/mol. The number of ether oxygens (including phenoxy) is 2. The van der Waals surface area contributed by atoms with E-state index in [9.17, 15) is 18.0 Å². The number of halogens is 3. The molecule has 3 rings (SSSR count). The number of carbonyl (C=O) groups is 1. The molecule has 5 nitrogen and oxygen atoms in total. The summed E-state index contributed by atoms with van der Waals surface area (Å²) in [5.74, 6) is -0.274. The molecule has 8 heteroatoms. The van der Waals surface area contributed by atoms with E-state index in [-0.39, 0.29) is 24.2 Å². The summed E-state index contributed by atoms with van der Waals surface area (Å²) in [6.07, 6.45) is 3.58. The highest BCUT2D eigenvalue weighted by Crippen LogP contribution is 2.35. The van der Waals surface area contributed by atoms with Crippen LogP contribution in [0.2, 0.25) is 0 Å². The van der Waals surface area contributed by atoms with Gasteiger partial charge >= 0.3 is 6.18 Å². The van der Waals surface area contributed by atoms with Crippen molar-refractivity contribution in [2.75, 3.05) is 26.3 Å². The molecule has 1 N–H and O–H groups in total. The normalized spacial score (nSPS) is 22.5. The van der Waals surface area contributed by atoms with Crippen LogP contribution >= 0.6 is 0 Å². The Kier molecular flexibility index (Phi) is 8.99. The molecule has 32 heavy (non-hydrogen) atoms. The Morgan fingerprint density at radius 1 is 1.06 bits per heavy atom. The van der Waals surface area contributed by atoms with E-state index in [2.05, 4.69) is 0 Å². The van der Waals surface area contributed by atoms with E-state index in [1.165, 1.54) is 18.6 Å². The quantitative estimate of drug-likeness (QED) is 0.588. The molecule has 0 aliphatic carbocycles. The molecule has 2 atom stereocenters. The van der Waals surface area contributed by atoms with Crippen LogP contribution in [0.25, 0.3) is 0 Å². The Labute approximate surface area is 187 Å². The minimum atomic E-state index is -4.39. The average Bonchev–Trinajstić information content (AvgIpc) is 2.75. The molecule has 1 amide bonds. The topological polar surface area (TPSA) is 59.0 Å². The van der Waals surface area contributed by atoms with Crippen LogP contribution in [0.3, 0.4) is 0 Å². The first-order valence-corrected chi connectivity index (χ1v) is 11.5. The van der Waals surface area contributed by atoms with Crippen LogP contribution in [0.15, 0.2) is 36.1 Å². The minimum absolute atomic E-state index is 0.0711. The summed E-state index contributed by atoms with van der Waals surface area (Å²) < 4.78 is 50.5. The second-order valence-corrected chi connectivity index (χ2v) is 8.40. The lowest BCUT2D eigenvalue weighted by molar-refractivity contribution is -0.153. The van der Waals surface area contributed by atoms with Crippen LogP contribution in [0.4, 0.5) is 13.2 Å². The molecular formula is C24H32F3NO4. The number of hydrogen-bond acceptors (Lipinski definition) is 4. The van der Waals surface area contributed by atoms with Gasteiger partial charge in [0.15, 0.2) is 5.76 Å². The number of nitrogens with zero attached hydrogens (tertiary/aromatic N) is 1. The van der Waals surface area contributed by atoms with Gasteiger partial charge in [-0.2, -0.15) is 13.2 Å². The van der Waals surface area contributed by atoms with Crippen molar-refractivity contribution in [2.45, 2.75) is 69.8 Å². The maximum atomic E-state index is 13.2. The largest absolute Gasteiger partial charge is 0.459 e. The van der Waals surface area contributed by atoms with E-state index in [4.69, 9.17) is 14.6 Å². The zero-order valence-electron chi connectivity index (χ0n) is 18.3. The van der Waals surface area contributed by atoms with Crippen LogP contribution in [-0.4, -0.2) is 48.5 Å². The van der Waals surface area contributed by atoms with Gasteiger partial charge < -0.3 is 19.5 Å². The maximum Gasteiger partial charge on any atom is 0.416 e. The Bertz CT molecular complexity index is 756. The fourth-order valence-corrected chi connectivity index (χ4v) is 4.10. The second-order valence-electron chi connectivity index (χ2n) is 8.40. The number of carbonyl (C=O) groups excluding carboxylic acids is 1. The summed E-state index contributed by atoms with van der Waals surface area (Å²) in [6.45, 7) is 1.79. The molecule has 1 aromatic rings. The maximum absolute atomic E-state index is 13.2. The van der Waals surface area contributed by atoms with Gasteiger partial charge in [-0.15, -0.1) is 0 Å². The number of aliphatic hydroxyl groups is 1. The first-order valence-electron chi connectivity index (χ1n) is 11.5. The molecule has 0 spiro atoms. The van der Waals surface area contributed by atoms with Crippen LogP contribution in [0.5, 0.6) is 0 Å². The van der Waals surface area contributed by atoms with Gasteiger partial charge in [0.1, 0.15) is 0 Å². The summed E-state index contributed by atoms with van der Waals surface area (Å²) in [5, 5.41) is 8.95. The molecule has 0 unspecified atom stereocenters. The Hall–Kier alpha value is -2.06. The van der Waals surface area contributed by atoms with Gasteiger partial charge in [0.05, 0.1) is 12.2 Å². The summed E-state index contributed by atoms with van der Waals surface area (Å²) in [6, 6.07) is 5.04. The molecule has 2 heterocycles. The first-order chi connectivity index (χ1) is 15.4. The molecule has 1 fully saturated rings. The monoisotopic (exact) mass is 455 g/mol. The predicted molar refractivity (Wildman–Crippen MR) is 114 cm³/mol. The van der Waals surface area contributed by atoms with Crippen LogP contribution in [0.1, 0.15) is 68.4 Å². The summed E-state index contributed by atoms with van der Waals surface area (Å²) in [4.78, 5) is 15.0. The van der Waals surface area contributed by atoms with Crippen molar-refractivity contribution in [3.63, 3.8) is 0 Å². The Morgan fingerprint density at radius 2 is 1.72 bits per heavy atom. The number of likely N-dealkylation sites (tertiary alicyclic amines) is 1. The van der Waals surface area contributed by atoms with Gasteiger partial charge in [0.2, 0.25) is 6.29 Å². The van der Waals surface area contributed by atoms with Crippen molar-refractivity contribution in [2.24, 2.45) is 0 Å². The number of unbranched alkanes of at least 4 members (excludes halogenated alkanes) is 1. The number of hydrogen-bond donors (Lipinski definition) is 1. The van der Waals surface area contributed by atoms with E-state index in [1.807, 2.05) is 4.90 Å². The van der Waals surface area contributed by atoms with Crippen molar-refractivity contribution in [3.05, 3.63) is 47.2 Å². The summed E-state index contributed by atoms with van der Waals surface area (Å²) >= 11 is 0. The standard InChI is InChI=1S/C24H32F3NO4/c25-24(26,27)20-10-8-18(9-11-20)19-16-21(32-22(17-19)31-15-7-6-14-29)23(30)28-12-4-2-1-3-5-13-28/h8-11,16,19,22,29H,1-7,12-15,17H2/t19-,22+/m0/s1. The van der Waals surface area contributed by atoms with Gasteiger partial charge in [0.25, 0.3) is 5.91 Å². The molecule has 0 aromatic heterocycles. The smallest absolute Gasteiger partial charge is 0.416 e. The van der Waals surface area contributed by atoms with Crippen LogP contribution in [-0.2, 0) is 20.4 Å². The molecule has 178 valence electrons. The van der Waals surface area contributed by atoms with Crippen molar-refractivity contribution in [3.8, 4) is 0 Å². The molecule has 1 aromatic carbocycles. The van der Waals surface area contributed by atoms with Crippen molar-refractivity contribution < 1.29 is 32.5 Å². The highest BCUT2D eigenvalue weighted by atomic mass is 19.4. The second kappa shape index (κ2) is 11.7. The van der Waals surface area contributed by atoms with Gasteiger partial charge in [-0.3, -0.25) is 4.79 Å². The molecule has 0 radical (unpaired) electrons. The third kappa shape index (κ3) is 6.97. The number of amides is 1. The number of aliphatic hydroxyl groups excluding tert-OH is 1. The highest BCUT2D eigenvalue weighted by Gasteiger charge is 2.33. The SMILES string of the molecule is O=C(C1=C[C@H](c2ccc(C(F)(F)F)cc2)C[C@H](OCCCCO)O1)N1CCCCCCC1. The molecule has 0 saturated carbocycles. The van der Waals surface area contributed by atoms with E-state index in [0.717, 1.165) is 37.8 Å². The minimum Gasteiger partial charge on any atom is -0.459 e. The van der Waals surface area contributed by atoms with E-state index >= 15 is 0 Å². The van der Waals surface area contributed by atoms with E-state index in [1.54, 1.807) is 6.08 Å². The van der Waals surface area contributed by atoms with Gasteiger partial charge in [-0.1, -0.05) is 31.4 Å². The Balaban J connectivity index is 1.77. The lowest BCUT2D eigenvalue weighted by atomic mass is 9.92. The zero-order chi connectivity index (χ0) is 23.0. The zero-order valence-corrected chi connectivity index (χ0v) is 18.3. The van der Waals surface area contributed by atoms with Crippen molar-refractivity contribution >= 4 is 5.91 Å². The van der Waals surface area contributed by atoms with Crippen LogP contribution in [0, 0.1) is 0 Å². The van der Waals surface area contributed by atoms with Gasteiger partial charge in [-0.25, -0.2) is 0 Å². The molecule has 0 bridgehead atoms. The van der Waals surface area contributed by atoms with Crippen molar-refractivity contribution in [1.82, 2.24) is 4.90 Å². The third-order valence-corrected chi connectivity index (χ3v) is 5.93. The molecule has 2 aliphatic heterocycles. The molecule has 2 aliphatic rings. The van der Waals surface area contributed by atoms with Crippen LogP contribution < -0.4 is 0 Å². The van der Waals surface area contributed by atoms with Gasteiger partial charge in [0, 0.05) is 32.0 Å². The molecule has 1 saturated heterocycles. The van der Waals surface area contributed by atoms with Crippen molar-refractivity contribution in [1.29, 1.82) is 0 Å². The fraction of sp³-hybridized carbons (Fsp3) is 0.625. The number of alkyl halides is 3. The highest BCUT2D eigenvalue weighted by molar-refractivity contribution is 5.91. The fourth-order valence-electron chi connectivity index (χ4n) is 4.10. The lowest BCUT2D eigenvalue weighted by Crippen LogP contribution is -2.38. The van der Waals surface area contributed by atoms with E-state index < -0.39 is 18.0 Å². The summed E-state index contributed by atoms with van der Waals surface area (Å²) in [5.41, 5.74) is -0.0192. The third-order valence-electron chi connectivity index (χ3n) is 5.93. The van der Waals surface area contributed by atoms with E-state index in [0.29, 0.717) is 44.5 Å². The first kappa shape index (κ1) is 24.6. The number of allylic oxidation sites excluding steroid dienone is 1. The Morgan fingerprint density at radius 3 is 2.34 bits per heavy atom. The average molecular weight is 456 g/mol. The number of rotatable bonds is 7. The summed E-state index contributed by atoms with van der Waals surface area (Å²) in [7, 11) is 0. The predicted octanol–water partition coefficient (Wildman–Crippen LogP) is 5.00. The lowest BCUT2D eigenvalue weighted by Gasteiger charge is -2.32.